The molecule has 190 valence electrons. The number of benzene rings is 1. The normalized spacial score (nSPS) is 13.7. The number of nitrogens with zero attached hydrogens (tertiary/aromatic N) is 7. The minimum Gasteiger partial charge on any atom is -0.317 e. The summed E-state index contributed by atoms with van der Waals surface area (Å²) < 4.78 is 58.8. The first kappa shape index (κ1) is 23.5. The lowest BCUT2D eigenvalue weighted by Gasteiger charge is -2.15. The van der Waals surface area contributed by atoms with E-state index < -0.39 is 39.7 Å². The van der Waals surface area contributed by atoms with Crippen LogP contribution in [0.15, 0.2) is 47.7 Å². The Morgan fingerprint density at radius 1 is 1.16 bits per heavy atom. The van der Waals surface area contributed by atoms with Crippen molar-refractivity contribution in [2.24, 2.45) is 7.05 Å². The third-order valence-electron chi connectivity index (χ3n) is 6.46. The number of hydrogen-bond acceptors (Lipinski definition) is 6. The standard InChI is InChI=1S/C25H16F4N8O/c1-36-11-31-35-23(36)16-8-14(26)4-5-15(16)13-6-18(12-2-3-12)32-20(7-13)37-10-17(25(27,28)29)21-19(9-30)33-34-22(21)24(37)38/h4-8,10-12H,2-3H2,1H3,(H,33,34). The van der Waals surface area contributed by atoms with Gasteiger partial charge in [0.2, 0.25) is 0 Å². The van der Waals surface area contributed by atoms with Crippen LogP contribution in [0.5, 0.6) is 0 Å². The van der Waals surface area contributed by atoms with Gasteiger partial charge in [0.15, 0.2) is 11.5 Å². The van der Waals surface area contributed by atoms with Gasteiger partial charge in [0.25, 0.3) is 5.56 Å². The van der Waals surface area contributed by atoms with Gasteiger partial charge in [0, 0.05) is 30.4 Å². The molecule has 0 bridgehead atoms. The first-order valence-corrected chi connectivity index (χ1v) is 11.4. The molecule has 4 aromatic heterocycles. The molecule has 0 unspecified atom stereocenters. The summed E-state index contributed by atoms with van der Waals surface area (Å²) in [6, 6.07) is 8.94. The maximum absolute atomic E-state index is 14.3. The number of aromatic nitrogens is 7. The van der Waals surface area contributed by atoms with Gasteiger partial charge in [-0.2, -0.15) is 23.5 Å². The fraction of sp³-hybridized carbons (Fsp3) is 0.200. The Kier molecular flexibility index (Phi) is 5.16. The van der Waals surface area contributed by atoms with Crippen LogP contribution in [0.25, 0.3) is 39.2 Å². The first-order valence-electron chi connectivity index (χ1n) is 11.4. The number of alkyl halides is 3. The van der Waals surface area contributed by atoms with Crippen molar-refractivity contribution in [2.45, 2.75) is 24.9 Å². The minimum atomic E-state index is -4.88. The second-order valence-corrected chi connectivity index (χ2v) is 9.02. The Bertz CT molecular complexity index is 1840. The lowest BCUT2D eigenvalue weighted by atomic mass is 9.98. The average molecular weight is 520 g/mol. The minimum absolute atomic E-state index is 0.0526. The van der Waals surface area contributed by atoms with Crippen molar-refractivity contribution in [2.75, 3.05) is 0 Å². The molecule has 9 nitrogen and oxygen atoms in total. The van der Waals surface area contributed by atoms with Gasteiger partial charge in [-0.1, -0.05) is 6.07 Å². The predicted octanol–water partition coefficient (Wildman–Crippen LogP) is 4.48. The maximum atomic E-state index is 14.3. The molecule has 0 radical (unpaired) electrons. The molecular weight excluding hydrogens is 504 g/mol. The number of aromatic amines is 1. The molecule has 5 aromatic rings. The van der Waals surface area contributed by atoms with Gasteiger partial charge in [-0.05, 0) is 48.2 Å². The zero-order chi connectivity index (χ0) is 26.8. The van der Waals surface area contributed by atoms with E-state index in [2.05, 4.69) is 25.4 Å². The van der Waals surface area contributed by atoms with Crippen LogP contribution in [-0.4, -0.2) is 34.5 Å². The zero-order valence-corrected chi connectivity index (χ0v) is 19.6. The predicted molar refractivity (Wildman–Crippen MR) is 127 cm³/mol. The fourth-order valence-electron chi connectivity index (χ4n) is 4.48. The van der Waals surface area contributed by atoms with Crippen LogP contribution in [-0.2, 0) is 13.2 Å². The van der Waals surface area contributed by atoms with E-state index in [4.69, 9.17) is 0 Å². The number of nitriles is 1. The van der Waals surface area contributed by atoms with Crippen LogP contribution < -0.4 is 5.56 Å². The van der Waals surface area contributed by atoms with Crippen molar-refractivity contribution in [1.29, 1.82) is 5.26 Å². The Balaban J connectivity index is 1.63. The van der Waals surface area contributed by atoms with Crippen LogP contribution >= 0.6 is 0 Å². The SMILES string of the molecule is Cn1cnnc1-c1cc(F)ccc1-c1cc(C2CC2)nc(-n2cc(C(F)(F)F)c3c(C#N)n[nH]c3c2=O)c1. The number of hydrogen-bond donors (Lipinski definition) is 1. The van der Waals surface area contributed by atoms with E-state index in [1.165, 1.54) is 30.6 Å². The number of rotatable bonds is 4. The van der Waals surface area contributed by atoms with Crippen molar-refractivity contribution >= 4 is 10.9 Å². The van der Waals surface area contributed by atoms with Crippen LogP contribution in [0.2, 0.25) is 0 Å². The lowest BCUT2D eigenvalue weighted by molar-refractivity contribution is -0.136. The number of halogens is 4. The van der Waals surface area contributed by atoms with Gasteiger partial charge in [-0.25, -0.2) is 9.37 Å². The monoisotopic (exact) mass is 520 g/mol. The van der Waals surface area contributed by atoms with Gasteiger partial charge in [0.05, 0.1) is 10.9 Å². The third-order valence-corrected chi connectivity index (χ3v) is 6.46. The van der Waals surface area contributed by atoms with Crippen LogP contribution in [0.3, 0.4) is 0 Å². The van der Waals surface area contributed by atoms with Crippen LogP contribution in [0.4, 0.5) is 17.6 Å². The van der Waals surface area contributed by atoms with Crippen molar-refractivity contribution in [3.8, 4) is 34.4 Å². The highest BCUT2D eigenvalue weighted by Crippen LogP contribution is 2.42. The van der Waals surface area contributed by atoms with E-state index in [-0.39, 0.29) is 11.7 Å². The fourth-order valence-corrected chi connectivity index (χ4v) is 4.48. The van der Waals surface area contributed by atoms with Gasteiger partial charge in [0.1, 0.15) is 29.5 Å². The molecule has 0 spiro atoms. The van der Waals surface area contributed by atoms with E-state index in [1.807, 2.05) is 0 Å². The van der Waals surface area contributed by atoms with Gasteiger partial charge >= 0.3 is 6.18 Å². The molecule has 0 saturated heterocycles. The van der Waals surface area contributed by atoms with E-state index in [0.29, 0.717) is 34.4 Å². The van der Waals surface area contributed by atoms with Crippen molar-refractivity contribution < 1.29 is 17.6 Å². The third kappa shape index (κ3) is 3.81. The summed E-state index contributed by atoms with van der Waals surface area (Å²) in [5, 5.41) is 22.4. The molecule has 13 heteroatoms. The van der Waals surface area contributed by atoms with Crippen LogP contribution in [0, 0.1) is 17.1 Å². The summed E-state index contributed by atoms with van der Waals surface area (Å²) in [6.45, 7) is 0. The summed E-state index contributed by atoms with van der Waals surface area (Å²) in [4.78, 5) is 17.9. The van der Waals surface area contributed by atoms with Crippen molar-refractivity contribution in [1.82, 2.24) is 34.5 Å². The number of pyridine rings is 2. The summed E-state index contributed by atoms with van der Waals surface area (Å²) in [7, 11) is 1.70. The number of H-pyrrole nitrogens is 1. The molecule has 1 aromatic carbocycles. The molecule has 1 N–H and O–H groups in total. The molecule has 0 amide bonds. The van der Waals surface area contributed by atoms with Crippen LogP contribution in [0.1, 0.15) is 35.7 Å². The quantitative estimate of drug-likeness (QED) is 0.349. The average Bonchev–Trinajstić information content (AvgIpc) is 3.51. The van der Waals surface area contributed by atoms with Gasteiger partial charge in [-0.15, -0.1) is 10.2 Å². The van der Waals surface area contributed by atoms with Crippen molar-refractivity contribution in [3.63, 3.8) is 0 Å². The van der Waals surface area contributed by atoms with Crippen molar-refractivity contribution in [3.05, 3.63) is 76.0 Å². The summed E-state index contributed by atoms with van der Waals surface area (Å²) in [6.07, 6.45) is -1.11. The molecule has 6 rings (SSSR count). The highest BCUT2D eigenvalue weighted by molar-refractivity contribution is 5.87. The smallest absolute Gasteiger partial charge is 0.317 e. The highest BCUT2D eigenvalue weighted by Gasteiger charge is 2.37. The van der Waals surface area contributed by atoms with E-state index in [1.54, 1.807) is 23.8 Å². The topological polar surface area (TPSA) is 118 Å². The number of fused-ring (bicyclic) bond motifs is 1. The molecular formula is C25H16F4N8O. The molecule has 1 aliphatic carbocycles. The second kappa shape index (κ2) is 8.34. The Hall–Kier alpha value is -4.86. The summed E-state index contributed by atoms with van der Waals surface area (Å²) >= 11 is 0. The lowest BCUT2D eigenvalue weighted by Crippen LogP contribution is -2.23. The Morgan fingerprint density at radius 2 is 1.95 bits per heavy atom. The molecule has 0 aliphatic heterocycles. The summed E-state index contributed by atoms with van der Waals surface area (Å²) in [5.41, 5.74) is -0.984. The molecule has 38 heavy (non-hydrogen) atoms. The first-order chi connectivity index (χ1) is 18.2. The molecule has 1 aliphatic rings. The van der Waals surface area contributed by atoms with E-state index >= 15 is 0 Å². The molecule has 1 saturated carbocycles. The number of aryl methyl sites for hydroxylation is 1. The number of nitrogens with one attached hydrogen (secondary N) is 1. The highest BCUT2D eigenvalue weighted by atomic mass is 19.4. The second-order valence-electron chi connectivity index (χ2n) is 9.02. The largest absolute Gasteiger partial charge is 0.418 e. The molecule has 0 atom stereocenters. The van der Waals surface area contributed by atoms with Gasteiger partial charge < -0.3 is 4.57 Å². The van der Waals surface area contributed by atoms with E-state index in [0.717, 1.165) is 17.4 Å². The zero-order valence-electron chi connectivity index (χ0n) is 19.6. The maximum Gasteiger partial charge on any atom is 0.418 e. The Labute approximate surface area is 211 Å². The molecule has 4 heterocycles. The Morgan fingerprint density at radius 3 is 2.61 bits per heavy atom. The van der Waals surface area contributed by atoms with Gasteiger partial charge in [-0.3, -0.25) is 14.5 Å². The summed E-state index contributed by atoms with van der Waals surface area (Å²) in [5.74, 6) is -0.104. The molecule has 1 fully saturated rings. The van der Waals surface area contributed by atoms with E-state index in [9.17, 15) is 27.6 Å².